The largest absolute Gasteiger partial charge is 0.494 e. The summed E-state index contributed by atoms with van der Waals surface area (Å²) >= 11 is 0. The first-order valence-corrected chi connectivity index (χ1v) is 12.1. The fourth-order valence-corrected chi connectivity index (χ4v) is 4.49. The molecule has 3 aromatic heterocycles. The number of benzene rings is 1. The lowest BCUT2D eigenvalue weighted by Gasteiger charge is -2.32. The van der Waals surface area contributed by atoms with Crippen LogP contribution in [-0.2, 0) is 7.05 Å². The zero-order valence-corrected chi connectivity index (χ0v) is 20.9. The second-order valence-corrected chi connectivity index (χ2v) is 9.18. The summed E-state index contributed by atoms with van der Waals surface area (Å²) < 4.78 is 9.38. The lowest BCUT2D eigenvalue weighted by Crippen LogP contribution is -2.25. The van der Waals surface area contributed by atoms with Gasteiger partial charge in [-0.3, -0.25) is 14.2 Å². The van der Waals surface area contributed by atoms with Crippen LogP contribution in [-0.4, -0.2) is 42.4 Å². The Morgan fingerprint density at radius 2 is 1.94 bits per heavy atom. The van der Waals surface area contributed by atoms with Crippen molar-refractivity contribution in [3.05, 3.63) is 54.6 Å². The second kappa shape index (κ2) is 9.80. The zero-order chi connectivity index (χ0) is 25.2. The summed E-state index contributed by atoms with van der Waals surface area (Å²) in [4.78, 5) is 21.5. The Bertz CT molecular complexity index is 1390. The van der Waals surface area contributed by atoms with Crippen molar-refractivity contribution in [2.24, 2.45) is 13.0 Å². The third-order valence-corrected chi connectivity index (χ3v) is 6.44. The van der Waals surface area contributed by atoms with Crippen LogP contribution in [0.25, 0.3) is 11.4 Å². The van der Waals surface area contributed by atoms with Gasteiger partial charge in [0.05, 0.1) is 35.7 Å². The van der Waals surface area contributed by atoms with Gasteiger partial charge in [0.2, 0.25) is 0 Å². The van der Waals surface area contributed by atoms with Gasteiger partial charge in [0, 0.05) is 38.0 Å². The number of ketones is 1. The maximum Gasteiger partial charge on any atom is 0.184 e. The lowest BCUT2D eigenvalue weighted by molar-refractivity contribution is 0.0988. The van der Waals surface area contributed by atoms with Crippen LogP contribution in [0.15, 0.2) is 49.1 Å². The number of Topliss-reactive ketones (excluding diaryl/α,β-unsaturated/α-hetero) is 1. The van der Waals surface area contributed by atoms with Crippen LogP contribution < -0.4 is 15.4 Å². The number of methoxy groups -OCH3 is 1. The molecule has 36 heavy (non-hydrogen) atoms. The highest BCUT2D eigenvalue weighted by Crippen LogP contribution is 2.38. The average molecular weight is 487 g/mol. The van der Waals surface area contributed by atoms with Crippen molar-refractivity contribution in [3.8, 4) is 17.1 Å². The van der Waals surface area contributed by atoms with Crippen LogP contribution in [0.4, 0.5) is 23.0 Å². The number of pyridine rings is 1. The molecule has 3 heterocycles. The Morgan fingerprint density at radius 1 is 1.11 bits per heavy atom. The van der Waals surface area contributed by atoms with Crippen molar-refractivity contribution in [1.29, 1.82) is 0 Å². The molecule has 0 aliphatic heterocycles. The molecule has 1 aliphatic rings. The standard InChI is InChI=1S/C26H30N8O2/c1-5-22(35)19-14-27-24(30-23-9-10-34(31-23)17-11-16(2)12-17)13-21(19)29-20-8-6-7-18(25(20)36-4)26-28-15-33(3)32-26/h6-10,13-17H,5,11-12H2,1-4H3,(H2,27,29,30,31)/t16-,17-. The molecule has 4 aromatic rings. The third kappa shape index (κ3) is 4.66. The van der Waals surface area contributed by atoms with Crippen LogP contribution in [0.2, 0.25) is 0 Å². The number of ether oxygens (including phenoxy) is 1. The number of carbonyl (C=O) groups excluding carboxylic acids is 1. The van der Waals surface area contributed by atoms with E-state index >= 15 is 0 Å². The van der Waals surface area contributed by atoms with E-state index < -0.39 is 0 Å². The smallest absolute Gasteiger partial charge is 0.184 e. The summed E-state index contributed by atoms with van der Waals surface area (Å²) in [5, 5.41) is 15.7. The van der Waals surface area contributed by atoms with Crippen LogP contribution in [0.5, 0.6) is 5.75 Å². The number of anilines is 4. The minimum absolute atomic E-state index is 0.0126. The molecule has 1 fully saturated rings. The molecule has 5 rings (SSSR count). The van der Waals surface area contributed by atoms with Gasteiger partial charge in [-0.2, -0.15) is 10.2 Å². The van der Waals surface area contributed by atoms with E-state index in [1.807, 2.05) is 55.2 Å². The summed E-state index contributed by atoms with van der Waals surface area (Å²) in [6.45, 7) is 4.09. The van der Waals surface area contributed by atoms with E-state index in [1.54, 1.807) is 24.3 Å². The molecule has 0 unspecified atom stereocenters. The first-order chi connectivity index (χ1) is 17.4. The van der Waals surface area contributed by atoms with Crippen LogP contribution >= 0.6 is 0 Å². The van der Waals surface area contributed by atoms with Gasteiger partial charge in [0.25, 0.3) is 0 Å². The Kier molecular flexibility index (Phi) is 6.41. The molecule has 0 spiro atoms. The quantitative estimate of drug-likeness (QED) is 0.313. The summed E-state index contributed by atoms with van der Waals surface area (Å²) in [5.74, 6) is 3.16. The third-order valence-electron chi connectivity index (χ3n) is 6.44. The molecular weight excluding hydrogens is 456 g/mol. The van der Waals surface area contributed by atoms with Gasteiger partial charge in [-0.05, 0) is 30.9 Å². The number of aromatic nitrogens is 6. The minimum atomic E-state index is -0.0126. The zero-order valence-electron chi connectivity index (χ0n) is 20.9. The number of carbonyl (C=O) groups is 1. The number of aryl methyl sites for hydroxylation is 1. The van der Waals surface area contributed by atoms with Crippen molar-refractivity contribution >= 4 is 28.8 Å². The van der Waals surface area contributed by atoms with E-state index in [2.05, 4.69) is 37.7 Å². The average Bonchev–Trinajstić information content (AvgIpc) is 3.50. The number of nitrogens with one attached hydrogen (secondary N) is 2. The highest BCUT2D eigenvalue weighted by Gasteiger charge is 2.27. The van der Waals surface area contributed by atoms with Crippen molar-refractivity contribution in [2.45, 2.75) is 39.2 Å². The van der Waals surface area contributed by atoms with E-state index in [9.17, 15) is 4.79 Å². The van der Waals surface area contributed by atoms with Crippen molar-refractivity contribution < 1.29 is 9.53 Å². The number of hydrogen-bond donors (Lipinski definition) is 2. The predicted molar refractivity (Wildman–Crippen MR) is 138 cm³/mol. The molecule has 10 heteroatoms. The number of para-hydroxylation sites is 1. The number of hydrogen-bond acceptors (Lipinski definition) is 8. The molecular formula is C26H30N8O2. The Balaban J connectivity index is 1.45. The molecule has 2 N–H and O–H groups in total. The first-order valence-electron chi connectivity index (χ1n) is 12.1. The molecule has 0 saturated heterocycles. The molecule has 0 atom stereocenters. The van der Waals surface area contributed by atoms with Crippen LogP contribution in [0, 0.1) is 5.92 Å². The van der Waals surface area contributed by atoms with Crippen molar-refractivity contribution in [1.82, 2.24) is 29.5 Å². The van der Waals surface area contributed by atoms with E-state index in [4.69, 9.17) is 4.74 Å². The van der Waals surface area contributed by atoms with E-state index in [0.717, 1.165) is 24.3 Å². The molecule has 1 aliphatic carbocycles. The van der Waals surface area contributed by atoms with Gasteiger partial charge in [-0.25, -0.2) is 9.97 Å². The number of rotatable bonds is 9. The molecule has 0 bridgehead atoms. The van der Waals surface area contributed by atoms with Gasteiger partial charge in [-0.1, -0.05) is 19.9 Å². The van der Waals surface area contributed by atoms with Crippen LogP contribution in [0.3, 0.4) is 0 Å². The normalized spacial score (nSPS) is 16.9. The maximum atomic E-state index is 12.7. The van der Waals surface area contributed by atoms with Crippen LogP contribution in [0.1, 0.15) is 49.5 Å². The molecule has 1 aromatic carbocycles. The minimum Gasteiger partial charge on any atom is -0.494 e. The topological polar surface area (TPSA) is 112 Å². The van der Waals surface area contributed by atoms with Gasteiger partial charge in [-0.15, -0.1) is 0 Å². The van der Waals surface area contributed by atoms with Gasteiger partial charge >= 0.3 is 0 Å². The fourth-order valence-electron chi connectivity index (χ4n) is 4.49. The highest BCUT2D eigenvalue weighted by atomic mass is 16.5. The summed E-state index contributed by atoms with van der Waals surface area (Å²) in [6.07, 6.45) is 7.89. The molecule has 0 amide bonds. The highest BCUT2D eigenvalue weighted by molar-refractivity contribution is 6.02. The Hall–Kier alpha value is -4.21. The van der Waals surface area contributed by atoms with E-state index in [-0.39, 0.29) is 5.78 Å². The van der Waals surface area contributed by atoms with Gasteiger partial charge < -0.3 is 15.4 Å². The fraction of sp³-hybridized carbons (Fsp3) is 0.346. The van der Waals surface area contributed by atoms with E-state index in [0.29, 0.717) is 52.6 Å². The monoisotopic (exact) mass is 486 g/mol. The predicted octanol–water partition coefficient (Wildman–Crippen LogP) is 5.13. The maximum absolute atomic E-state index is 12.7. The molecule has 0 radical (unpaired) electrons. The first kappa shape index (κ1) is 23.5. The van der Waals surface area contributed by atoms with Gasteiger partial charge in [0.1, 0.15) is 12.1 Å². The molecule has 1 saturated carbocycles. The van der Waals surface area contributed by atoms with E-state index in [1.165, 1.54) is 0 Å². The summed E-state index contributed by atoms with van der Waals surface area (Å²) in [6, 6.07) is 9.90. The lowest BCUT2D eigenvalue weighted by atomic mass is 9.82. The Labute approximate surface area is 209 Å². The number of nitrogens with zero attached hydrogens (tertiary/aromatic N) is 6. The SMILES string of the molecule is CCC(=O)c1cnc(Nc2ccn([C@H]3C[C@H](C)C3)n2)cc1Nc1cccc(-c2ncn(C)n2)c1OC. The van der Waals surface area contributed by atoms with Crippen molar-refractivity contribution in [2.75, 3.05) is 17.7 Å². The van der Waals surface area contributed by atoms with Gasteiger partial charge in [0.15, 0.2) is 23.2 Å². The van der Waals surface area contributed by atoms with Crippen molar-refractivity contribution in [3.63, 3.8) is 0 Å². The Morgan fingerprint density at radius 3 is 2.64 bits per heavy atom. The second-order valence-electron chi connectivity index (χ2n) is 9.18. The summed E-state index contributed by atoms with van der Waals surface area (Å²) in [5.41, 5.74) is 2.55. The summed E-state index contributed by atoms with van der Waals surface area (Å²) in [7, 11) is 3.42. The molecule has 186 valence electrons. The molecule has 10 nitrogen and oxygen atoms in total.